The van der Waals surface area contributed by atoms with Crippen molar-refractivity contribution in [1.82, 2.24) is 5.32 Å². The largest absolute Gasteiger partial charge is 0.480 e. The number of hydrogen-bond donors (Lipinski definition) is 2. The van der Waals surface area contributed by atoms with Crippen LogP contribution in [0.5, 0.6) is 0 Å². The number of anilines is 1. The van der Waals surface area contributed by atoms with E-state index in [0.717, 1.165) is 4.90 Å². The number of carboxylic acids is 1. The average molecular weight is 296 g/mol. The van der Waals surface area contributed by atoms with Crippen LogP contribution < -0.4 is 10.2 Å². The highest BCUT2D eigenvalue weighted by Crippen LogP contribution is 2.13. The number of carboxylic acid groups (broad SMARTS) is 1. The maximum Gasteiger partial charge on any atom is 0.323 e. The fourth-order valence-corrected chi connectivity index (χ4v) is 1.72. The average Bonchev–Trinajstić information content (AvgIpc) is 2.49. The number of ether oxygens (including phenoxy) is 2. The Morgan fingerprint density at radius 3 is 2.48 bits per heavy atom. The number of carbonyl (C=O) groups is 2. The summed E-state index contributed by atoms with van der Waals surface area (Å²) < 4.78 is 10.1. The summed E-state index contributed by atoms with van der Waals surface area (Å²) in [5.74, 6) is -1.09. The molecule has 21 heavy (non-hydrogen) atoms. The van der Waals surface area contributed by atoms with Crippen molar-refractivity contribution in [2.24, 2.45) is 0 Å². The second-order valence-electron chi connectivity index (χ2n) is 4.31. The van der Waals surface area contributed by atoms with Gasteiger partial charge < -0.3 is 19.9 Å². The molecule has 0 aromatic heterocycles. The minimum absolute atomic E-state index is 0.228. The van der Waals surface area contributed by atoms with Crippen LogP contribution in [0.15, 0.2) is 30.3 Å². The number of carbonyl (C=O) groups excluding carboxylic acids is 1. The molecule has 7 heteroatoms. The van der Waals surface area contributed by atoms with Crippen molar-refractivity contribution in [2.75, 3.05) is 38.8 Å². The fourth-order valence-electron chi connectivity index (χ4n) is 1.72. The van der Waals surface area contributed by atoms with Crippen molar-refractivity contribution in [2.45, 2.75) is 6.10 Å². The van der Waals surface area contributed by atoms with Crippen molar-refractivity contribution in [1.29, 1.82) is 0 Å². The molecule has 2 amide bonds. The van der Waals surface area contributed by atoms with Crippen molar-refractivity contribution in [3.05, 3.63) is 30.3 Å². The van der Waals surface area contributed by atoms with E-state index in [2.05, 4.69) is 5.32 Å². The highest BCUT2D eigenvalue weighted by molar-refractivity contribution is 5.96. The number of hydrogen-bond acceptors (Lipinski definition) is 4. The highest BCUT2D eigenvalue weighted by atomic mass is 16.5. The van der Waals surface area contributed by atoms with Gasteiger partial charge in [0.05, 0.1) is 12.7 Å². The maximum atomic E-state index is 12.2. The van der Waals surface area contributed by atoms with E-state index in [1.807, 2.05) is 0 Å². The molecule has 116 valence electrons. The van der Waals surface area contributed by atoms with Gasteiger partial charge in [-0.1, -0.05) is 18.2 Å². The summed E-state index contributed by atoms with van der Waals surface area (Å²) >= 11 is 0. The first kappa shape index (κ1) is 16.9. The van der Waals surface area contributed by atoms with E-state index < -0.39 is 18.5 Å². The summed E-state index contributed by atoms with van der Waals surface area (Å²) in [6, 6.07) is 8.11. The van der Waals surface area contributed by atoms with Gasteiger partial charge in [-0.05, 0) is 12.1 Å². The van der Waals surface area contributed by atoms with Crippen molar-refractivity contribution < 1.29 is 24.2 Å². The lowest BCUT2D eigenvalue weighted by atomic mass is 10.3. The Morgan fingerprint density at radius 2 is 1.95 bits per heavy atom. The Morgan fingerprint density at radius 1 is 1.29 bits per heavy atom. The van der Waals surface area contributed by atoms with Crippen LogP contribution >= 0.6 is 0 Å². The van der Waals surface area contributed by atoms with Crippen LogP contribution in [0.1, 0.15) is 0 Å². The number of para-hydroxylation sites is 1. The fraction of sp³-hybridized carbons (Fsp3) is 0.429. The molecule has 1 aromatic rings. The Kier molecular flexibility index (Phi) is 7.20. The van der Waals surface area contributed by atoms with Gasteiger partial charge >= 0.3 is 12.0 Å². The zero-order valence-corrected chi connectivity index (χ0v) is 12.1. The van der Waals surface area contributed by atoms with E-state index in [4.69, 9.17) is 14.6 Å². The van der Waals surface area contributed by atoms with Crippen LogP contribution in [-0.4, -0.2) is 57.1 Å². The number of amides is 2. The van der Waals surface area contributed by atoms with Crippen LogP contribution in [0.25, 0.3) is 0 Å². The predicted molar refractivity (Wildman–Crippen MR) is 77.5 cm³/mol. The van der Waals surface area contributed by atoms with Crippen molar-refractivity contribution >= 4 is 17.7 Å². The van der Waals surface area contributed by atoms with Gasteiger partial charge in [0.2, 0.25) is 0 Å². The van der Waals surface area contributed by atoms with Gasteiger partial charge in [-0.3, -0.25) is 9.69 Å². The third kappa shape index (κ3) is 5.80. The number of benzene rings is 1. The van der Waals surface area contributed by atoms with Gasteiger partial charge in [0.1, 0.15) is 6.54 Å². The lowest BCUT2D eigenvalue weighted by molar-refractivity contribution is -0.135. The molecular formula is C14H20N2O5. The van der Waals surface area contributed by atoms with Gasteiger partial charge in [0.15, 0.2) is 0 Å². The molecule has 0 aliphatic rings. The first-order valence-electron chi connectivity index (χ1n) is 6.42. The number of rotatable bonds is 8. The van der Waals surface area contributed by atoms with Gasteiger partial charge in [-0.25, -0.2) is 4.79 Å². The molecule has 0 saturated heterocycles. The molecular weight excluding hydrogens is 276 g/mol. The van der Waals surface area contributed by atoms with Crippen LogP contribution in [-0.2, 0) is 14.3 Å². The van der Waals surface area contributed by atoms with E-state index in [0.29, 0.717) is 12.3 Å². The number of methoxy groups -OCH3 is 2. The predicted octanol–water partition coefficient (Wildman–Crippen LogP) is 0.949. The number of aliphatic carboxylic acids is 1. The molecule has 7 nitrogen and oxygen atoms in total. The zero-order valence-electron chi connectivity index (χ0n) is 12.1. The summed E-state index contributed by atoms with van der Waals surface area (Å²) in [6.07, 6.45) is -0.290. The minimum Gasteiger partial charge on any atom is -0.480 e. The molecule has 0 aliphatic carbocycles. The summed E-state index contributed by atoms with van der Waals surface area (Å²) in [5, 5.41) is 11.6. The highest BCUT2D eigenvalue weighted by Gasteiger charge is 2.19. The van der Waals surface area contributed by atoms with Gasteiger partial charge in [-0.15, -0.1) is 0 Å². The molecule has 1 aromatic carbocycles. The van der Waals surface area contributed by atoms with Gasteiger partial charge in [0, 0.05) is 26.5 Å². The second kappa shape index (κ2) is 8.93. The Labute approximate surface area is 123 Å². The van der Waals surface area contributed by atoms with E-state index in [-0.39, 0.29) is 12.6 Å². The molecule has 1 rings (SSSR count). The molecule has 1 unspecified atom stereocenters. The quantitative estimate of drug-likeness (QED) is 0.745. The van der Waals surface area contributed by atoms with Crippen molar-refractivity contribution in [3.8, 4) is 0 Å². The van der Waals surface area contributed by atoms with Crippen molar-refractivity contribution in [3.63, 3.8) is 0 Å². The van der Waals surface area contributed by atoms with Crippen LogP contribution in [0.2, 0.25) is 0 Å². The monoisotopic (exact) mass is 296 g/mol. The Balaban J connectivity index is 2.70. The third-order valence-corrected chi connectivity index (χ3v) is 2.77. The standard InChI is InChI=1S/C14H20N2O5/c1-20-10-12(21-2)8-15-14(19)16(9-13(17)18)11-6-4-3-5-7-11/h3-7,12H,8-10H2,1-2H3,(H,15,19)(H,17,18). The van der Waals surface area contributed by atoms with Crippen LogP contribution in [0.4, 0.5) is 10.5 Å². The summed E-state index contributed by atoms with van der Waals surface area (Å²) in [7, 11) is 3.05. The van der Waals surface area contributed by atoms with E-state index in [1.54, 1.807) is 30.3 Å². The maximum absolute atomic E-state index is 12.2. The second-order valence-corrected chi connectivity index (χ2v) is 4.31. The normalized spacial score (nSPS) is 11.7. The smallest absolute Gasteiger partial charge is 0.323 e. The topological polar surface area (TPSA) is 88.1 Å². The van der Waals surface area contributed by atoms with Gasteiger partial charge in [-0.2, -0.15) is 0 Å². The van der Waals surface area contributed by atoms with Crippen LogP contribution in [0.3, 0.4) is 0 Å². The third-order valence-electron chi connectivity index (χ3n) is 2.77. The first-order chi connectivity index (χ1) is 10.1. The SMILES string of the molecule is COCC(CNC(=O)N(CC(=O)O)c1ccccc1)OC. The summed E-state index contributed by atoms with van der Waals surface area (Å²) in [5.41, 5.74) is 0.512. The molecule has 0 spiro atoms. The molecule has 0 heterocycles. The van der Waals surface area contributed by atoms with E-state index in [9.17, 15) is 9.59 Å². The molecule has 0 aliphatic heterocycles. The van der Waals surface area contributed by atoms with Gasteiger partial charge in [0.25, 0.3) is 0 Å². The molecule has 1 atom stereocenters. The van der Waals surface area contributed by atoms with Crippen LogP contribution in [0, 0.1) is 0 Å². The molecule has 0 bridgehead atoms. The Hall–Kier alpha value is -2.12. The summed E-state index contributed by atoms with van der Waals surface area (Å²) in [6.45, 7) is 0.144. The lowest BCUT2D eigenvalue weighted by Gasteiger charge is -2.23. The van der Waals surface area contributed by atoms with E-state index in [1.165, 1.54) is 14.2 Å². The molecule has 0 saturated carbocycles. The lowest BCUT2D eigenvalue weighted by Crippen LogP contribution is -2.46. The molecule has 0 radical (unpaired) electrons. The number of nitrogens with zero attached hydrogens (tertiary/aromatic N) is 1. The summed E-state index contributed by atoms with van der Waals surface area (Å²) in [4.78, 5) is 24.2. The number of urea groups is 1. The number of nitrogens with one attached hydrogen (secondary N) is 1. The first-order valence-corrected chi connectivity index (χ1v) is 6.42. The Bertz CT molecular complexity index is 452. The molecule has 0 fully saturated rings. The minimum atomic E-state index is -1.09. The molecule has 2 N–H and O–H groups in total. The van der Waals surface area contributed by atoms with E-state index >= 15 is 0 Å². The zero-order chi connectivity index (χ0) is 15.7.